The van der Waals surface area contributed by atoms with Gasteiger partial charge in [0.2, 0.25) is 0 Å². The minimum absolute atomic E-state index is 0.154. The van der Waals surface area contributed by atoms with Crippen LogP contribution in [-0.2, 0) is 13.1 Å². The topological polar surface area (TPSA) is 41.3 Å². The number of rotatable bonds is 8. The smallest absolute Gasteiger partial charge is 0.0644 e. The lowest BCUT2D eigenvalue weighted by Gasteiger charge is -2.23. The molecule has 1 fully saturated rings. The lowest BCUT2D eigenvalue weighted by atomic mass is 10.1. The maximum Gasteiger partial charge on any atom is 0.0644 e. The van der Waals surface area contributed by atoms with E-state index in [9.17, 15) is 0 Å². The summed E-state index contributed by atoms with van der Waals surface area (Å²) >= 11 is 0. The van der Waals surface area contributed by atoms with Crippen LogP contribution in [0.15, 0.2) is 0 Å². The van der Waals surface area contributed by atoms with Gasteiger partial charge in [-0.2, -0.15) is 5.10 Å². The summed E-state index contributed by atoms with van der Waals surface area (Å²) < 4.78 is 1.94. The van der Waals surface area contributed by atoms with Crippen molar-refractivity contribution in [3.63, 3.8) is 0 Å². The van der Waals surface area contributed by atoms with Crippen LogP contribution in [0.1, 0.15) is 50.1 Å². The van der Waals surface area contributed by atoms with E-state index in [4.69, 9.17) is 5.11 Å². The standard InChI is InChI=1S/C16H29N3O/c1-12(2)7-8-18(15-5-6-15)11-16-13(3)17-19(9-10-20)14(16)4/h12,15,20H,5-11H2,1-4H3. The van der Waals surface area contributed by atoms with Crippen LogP contribution in [0.25, 0.3) is 0 Å². The van der Waals surface area contributed by atoms with Gasteiger partial charge in [-0.15, -0.1) is 0 Å². The van der Waals surface area contributed by atoms with Crippen molar-refractivity contribution in [2.75, 3.05) is 13.2 Å². The molecule has 2 rings (SSSR count). The van der Waals surface area contributed by atoms with E-state index in [1.165, 1.54) is 37.1 Å². The Labute approximate surface area is 122 Å². The van der Waals surface area contributed by atoms with Gasteiger partial charge >= 0.3 is 0 Å². The van der Waals surface area contributed by atoms with Crippen LogP contribution < -0.4 is 0 Å². The summed E-state index contributed by atoms with van der Waals surface area (Å²) in [6, 6.07) is 0.786. The Morgan fingerprint density at radius 3 is 2.60 bits per heavy atom. The number of aryl methyl sites for hydroxylation is 1. The third-order valence-corrected chi connectivity index (χ3v) is 4.26. The Bertz CT molecular complexity index is 435. The molecule has 0 bridgehead atoms. The summed E-state index contributed by atoms with van der Waals surface area (Å²) in [5.74, 6) is 0.760. The highest BCUT2D eigenvalue weighted by Crippen LogP contribution is 2.30. The zero-order valence-electron chi connectivity index (χ0n) is 13.4. The largest absolute Gasteiger partial charge is 0.394 e. The lowest BCUT2D eigenvalue weighted by molar-refractivity contribution is 0.238. The molecule has 20 heavy (non-hydrogen) atoms. The van der Waals surface area contributed by atoms with Gasteiger partial charge in [-0.3, -0.25) is 9.58 Å². The lowest BCUT2D eigenvalue weighted by Crippen LogP contribution is -2.28. The van der Waals surface area contributed by atoms with Crippen LogP contribution >= 0.6 is 0 Å². The molecule has 114 valence electrons. The van der Waals surface area contributed by atoms with E-state index in [1.807, 2.05) is 4.68 Å². The summed E-state index contributed by atoms with van der Waals surface area (Å²) in [4.78, 5) is 2.63. The zero-order valence-corrected chi connectivity index (χ0v) is 13.4. The molecular formula is C16H29N3O. The molecule has 0 spiro atoms. The van der Waals surface area contributed by atoms with Crippen molar-refractivity contribution in [3.05, 3.63) is 17.0 Å². The van der Waals surface area contributed by atoms with Gasteiger partial charge in [0.1, 0.15) is 0 Å². The molecule has 4 heteroatoms. The Kier molecular flexibility index (Phi) is 5.22. The second kappa shape index (κ2) is 6.72. The number of hydrogen-bond donors (Lipinski definition) is 1. The van der Waals surface area contributed by atoms with Gasteiger partial charge in [-0.05, 0) is 45.6 Å². The van der Waals surface area contributed by atoms with Crippen molar-refractivity contribution in [2.24, 2.45) is 5.92 Å². The molecule has 1 heterocycles. The Morgan fingerprint density at radius 1 is 1.35 bits per heavy atom. The summed E-state index contributed by atoms with van der Waals surface area (Å²) in [5, 5.41) is 13.7. The van der Waals surface area contributed by atoms with Gasteiger partial charge < -0.3 is 5.11 Å². The van der Waals surface area contributed by atoms with Crippen LogP contribution in [0, 0.1) is 19.8 Å². The predicted molar refractivity (Wildman–Crippen MR) is 81.7 cm³/mol. The van der Waals surface area contributed by atoms with Gasteiger partial charge in [0.05, 0.1) is 18.8 Å². The van der Waals surface area contributed by atoms with Crippen LogP contribution in [0.3, 0.4) is 0 Å². The van der Waals surface area contributed by atoms with Crippen LogP contribution in [0.4, 0.5) is 0 Å². The molecule has 0 radical (unpaired) electrons. The first-order chi connectivity index (χ1) is 9.52. The molecule has 1 aromatic rings. The molecule has 1 saturated carbocycles. The fraction of sp³-hybridized carbons (Fsp3) is 0.812. The minimum Gasteiger partial charge on any atom is -0.394 e. The molecule has 1 aliphatic rings. The zero-order chi connectivity index (χ0) is 14.7. The Balaban J connectivity index is 2.06. The molecule has 1 N–H and O–H groups in total. The first kappa shape index (κ1) is 15.5. The van der Waals surface area contributed by atoms with Crippen molar-refractivity contribution in [3.8, 4) is 0 Å². The molecule has 4 nitrogen and oxygen atoms in total. The maximum atomic E-state index is 9.10. The third-order valence-electron chi connectivity index (χ3n) is 4.26. The Hall–Kier alpha value is -0.870. The van der Waals surface area contributed by atoms with E-state index in [0.717, 1.165) is 24.2 Å². The van der Waals surface area contributed by atoms with Gasteiger partial charge in [0, 0.05) is 23.8 Å². The molecule has 0 aliphatic heterocycles. The summed E-state index contributed by atoms with van der Waals surface area (Å²) in [7, 11) is 0. The average molecular weight is 279 g/mol. The SMILES string of the molecule is Cc1nn(CCO)c(C)c1CN(CCC(C)C)C1CC1. The highest BCUT2D eigenvalue weighted by atomic mass is 16.3. The highest BCUT2D eigenvalue weighted by molar-refractivity contribution is 5.24. The summed E-state index contributed by atoms with van der Waals surface area (Å²) in [6.45, 7) is 11.8. The molecule has 1 aromatic heterocycles. The van der Waals surface area contributed by atoms with E-state index >= 15 is 0 Å². The van der Waals surface area contributed by atoms with Crippen LogP contribution in [-0.4, -0.2) is 39.0 Å². The second-order valence-electron chi connectivity index (χ2n) is 6.48. The molecule has 0 amide bonds. The highest BCUT2D eigenvalue weighted by Gasteiger charge is 2.30. The quantitative estimate of drug-likeness (QED) is 0.795. The van der Waals surface area contributed by atoms with E-state index in [2.05, 4.69) is 37.7 Å². The second-order valence-corrected chi connectivity index (χ2v) is 6.48. The number of nitrogens with zero attached hydrogens (tertiary/aromatic N) is 3. The summed E-state index contributed by atoms with van der Waals surface area (Å²) in [5.41, 5.74) is 3.69. The number of aromatic nitrogens is 2. The van der Waals surface area contributed by atoms with Gasteiger partial charge in [-0.1, -0.05) is 13.8 Å². The van der Waals surface area contributed by atoms with Crippen LogP contribution in [0.2, 0.25) is 0 Å². The fourth-order valence-electron chi connectivity index (χ4n) is 2.73. The van der Waals surface area contributed by atoms with Gasteiger partial charge in [0.25, 0.3) is 0 Å². The molecular weight excluding hydrogens is 250 g/mol. The van der Waals surface area contributed by atoms with E-state index < -0.39 is 0 Å². The van der Waals surface area contributed by atoms with Crippen molar-refractivity contribution in [1.82, 2.24) is 14.7 Å². The van der Waals surface area contributed by atoms with Crippen molar-refractivity contribution < 1.29 is 5.11 Å². The molecule has 0 aromatic carbocycles. The van der Waals surface area contributed by atoms with Crippen molar-refractivity contribution >= 4 is 0 Å². The number of aliphatic hydroxyl groups excluding tert-OH is 1. The number of hydrogen-bond acceptors (Lipinski definition) is 3. The van der Waals surface area contributed by atoms with E-state index in [-0.39, 0.29) is 6.61 Å². The van der Waals surface area contributed by atoms with Gasteiger partial charge in [-0.25, -0.2) is 0 Å². The van der Waals surface area contributed by atoms with Gasteiger partial charge in [0.15, 0.2) is 0 Å². The predicted octanol–water partition coefficient (Wildman–Crippen LogP) is 2.50. The molecule has 0 saturated heterocycles. The monoisotopic (exact) mass is 279 g/mol. The fourth-order valence-corrected chi connectivity index (χ4v) is 2.73. The van der Waals surface area contributed by atoms with Crippen molar-refractivity contribution in [1.29, 1.82) is 0 Å². The normalized spacial score (nSPS) is 15.6. The van der Waals surface area contributed by atoms with E-state index in [1.54, 1.807) is 0 Å². The Morgan fingerprint density at radius 2 is 2.05 bits per heavy atom. The first-order valence-corrected chi connectivity index (χ1v) is 7.90. The summed E-state index contributed by atoms with van der Waals surface area (Å²) in [6.07, 6.45) is 3.96. The average Bonchev–Trinajstić information content (AvgIpc) is 3.18. The minimum atomic E-state index is 0.154. The van der Waals surface area contributed by atoms with Crippen LogP contribution in [0.5, 0.6) is 0 Å². The molecule has 1 aliphatic carbocycles. The maximum absolute atomic E-state index is 9.10. The first-order valence-electron chi connectivity index (χ1n) is 7.90. The third kappa shape index (κ3) is 3.83. The van der Waals surface area contributed by atoms with E-state index in [0.29, 0.717) is 6.54 Å². The molecule has 0 atom stereocenters. The molecule has 0 unspecified atom stereocenters. The van der Waals surface area contributed by atoms with Crippen molar-refractivity contribution in [2.45, 2.75) is 66.1 Å². The number of aliphatic hydroxyl groups is 1.